The van der Waals surface area contributed by atoms with Gasteiger partial charge in [-0.15, -0.1) is 0 Å². The number of hydrogen-bond acceptors (Lipinski definition) is 2. The van der Waals surface area contributed by atoms with Gasteiger partial charge in [-0.3, -0.25) is 0 Å². The Balaban J connectivity index is 2.93. The van der Waals surface area contributed by atoms with Gasteiger partial charge in [0.25, 0.3) is 0 Å². The molecule has 0 saturated heterocycles. The van der Waals surface area contributed by atoms with Crippen LogP contribution in [-0.4, -0.2) is 11.1 Å². The number of nitrogens with one attached hydrogen (secondary N) is 1. The van der Waals surface area contributed by atoms with Gasteiger partial charge in [0.2, 0.25) is 0 Å². The highest BCUT2D eigenvalue weighted by Gasteiger charge is 2.15. The van der Waals surface area contributed by atoms with Crippen LogP contribution in [0.5, 0.6) is 0 Å². The Hall–Kier alpha value is -1.51. The second kappa shape index (κ2) is 3.94. The number of halogens is 1. The highest BCUT2D eigenvalue weighted by Crippen LogP contribution is 2.17. The lowest BCUT2D eigenvalue weighted by atomic mass is 10.0. The van der Waals surface area contributed by atoms with Crippen molar-refractivity contribution in [3.05, 3.63) is 48.2 Å². The average Bonchev–Trinajstić information content (AvgIpc) is 2.09. The molecule has 0 amide bonds. The molecule has 0 unspecified atom stereocenters. The molecule has 0 bridgehead atoms. The molecule has 2 N–H and O–H groups in total. The zero-order valence-electron chi connectivity index (χ0n) is 7.42. The van der Waals surface area contributed by atoms with Gasteiger partial charge in [-0.25, -0.2) is 4.39 Å². The molecular weight excluding hydrogens is 169 g/mol. The third-order valence-electron chi connectivity index (χ3n) is 1.86. The molecule has 1 aliphatic heterocycles. The summed E-state index contributed by atoms with van der Waals surface area (Å²) < 4.78 is 11.7. The zero-order chi connectivity index (χ0) is 9.84. The topological polar surface area (TPSA) is 32.3 Å². The molecule has 13 heavy (non-hydrogen) atoms. The zero-order valence-corrected chi connectivity index (χ0v) is 7.42. The fourth-order valence-corrected chi connectivity index (χ4v) is 1.13. The minimum absolute atomic E-state index is 0.0413. The molecule has 0 fully saturated rings. The van der Waals surface area contributed by atoms with Crippen molar-refractivity contribution in [3.63, 3.8) is 0 Å². The summed E-state index contributed by atoms with van der Waals surface area (Å²) in [6.07, 6.45) is 4.91. The summed E-state index contributed by atoms with van der Waals surface area (Å²) in [5.41, 5.74) is 1.31. The van der Waals surface area contributed by atoms with Crippen molar-refractivity contribution >= 4 is 0 Å². The lowest BCUT2D eigenvalue weighted by Crippen LogP contribution is -2.30. The molecular formula is C10H12FNO. The molecule has 1 atom stereocenters. The van der Waals surface area contributed by atoms with Crippen LogP contribution in [0.1, 0.15) is 6.92 Å². The number of aliphatic hydroxyl groups is 1. The van der Waals surface area contributed by atoms with Gasteiger partial charge in [-0.1, -0.05) is 12.7 Å². The Morgan fingerprint density at radius 3 is 3.00 bits per heavy atom. The predicted molar refractivity (Wildman–Crippen MR) is 50.8 cm³/mol. The van der Waals surface area contributed by atoms with Gasteiger partial charge in [0.05, 0.1) is 12.0 Å². The van der Waals surface area contributed by atoms with E-state index in [0.717, 1.165) is 5.57 Å². The van der Waals surface area contributed by atoms with E-state index in [2.05, 4.69) is 11.9 Å². The van der Waals surface area contributed by atoms with Gasteiger partial charge in [-0.2, -0.15) is 0 Å². The minimum Gasteiger partial charge on any atom is -0.506 e. The first-order chi connectivity index (χ1) is 6.15. The van der Waals surface area contributed by atoms with Crippen molar-refractivity contribution in [3.8, 4) is 0 Å². The standard InChI is InChI=1S/C10H12FNO/c1-7-9(4-3-5-11)6-10(13)8(2)12-7/h3-7,12-13H,2H2,1H3/b5-3+,9-4-/t7-/m1/s1. The Morgan fingerprint density at radius 2 is 2.38 bits per heavy atom. The van der Waals surface area contributed by atoms with E-state index in [1.54, 1.807) is 12.2 Å². The van der Waals surface area contributed by atoms with E-state index in [0.29, 0.717) is 12.0 Å². The first-order valence-electron chi connectivity index (χ1n) is 3.98. The van der Waals surface area contributed by atoms with E-state index in [1.807, 2.05) is 6.92 Å². The lowest BCUT2D eigenvalue weighted by molar-refractivity contribution is 0.403. The number of allylic oxidation sites excluding steroid dienone is 2. The second-order valence-corrected chi connectivity index (χ2v) is 2.86. The van der Waals surface area contributed by atoms with Crippen LogP contribution in [0.3, 0.4) is 0 Å². The highest BCUT2D eigenvalue weighted by atomic mass is 19.1. The summed E-state index contributed by atoms with van der Waals surface area (Å²) in [6, 6.07) is 0.0413. The van der Waals surface area contributed by atoms with E-state index >= 15 is 0 Å². The van der Waals surface area contributed by atoms with E-state index in [-0.39, 0.29) is 11.8 Å². The maximum Gasteiger partial charge on any atom is 0.138 e. The molecule has 0 aromatic heterocycles. The largest absolute Gasteiger partial charge is 0.506 e. The van der Waals surface area contributed by atoms with Crippen LogP contribution in [0.15, 0.2) is 48.2 Å². The van der Waals surface area contributed by atoms with E-state index in [1.165, 1.54) is 6.08 Å². The summed E-state index contributed by atoms with van der Waals surface area (Å²) in [7, 11) is 0. The van der Waals surface area contributed by atoms with Gasteiger partial charge in [-0.05, 0) is 24.6 Å². The van der Waals surface area contributed by atoms with Crippen molar-refractivity contribution in [2.75, 3.05) is 0 Å². The Morgan fingerprint density at radius 1 is 1.69 bits per heavy atom. The van der Waals surface area contributed by atoms with Crippen LogP contribution in [-0.2, 0) is 0 Å². The van der Waals surface area contributed by atoms with Gasteiger partial charge < -0.3 is 10.4 Å². The normalized spacial score (nSPS) is 26.3. The van der Waals surface area contributed by atoms with E-state index in [4.69, 9.17) is 0 Å². The third kappa shape index (κ3) is 2.21. The summed E-state index contributed by atoms with van der Waals surface area (Å²) in [5.74, 6) is 0.0941. The molecule has 3 heteroatoms. The van der Waals surface area contributed by atoms with Crippen LogP contribution in [0.4, 0.5) is 4.39 Å². The van der Waals surface area contributed by atoms with Crippen LogP contribution in [0, 0.1) is 0 Å². The number of aliphatic hydroxyl groups excluding tert-OH is 1. The van der Waals surface area contributed by atoms with E-state index in [9.17, 15) is 9.50 Å². The molecule has 0 spiro atoms. The molecule has 1 aliphatic rings. The average molecular weight is 181 g/mol. The lowest BCUT2D eigenvalue weighted by Gasteiger charge is -2.23. The Kier molecular flexibility index (Phi) is 2.90. The van der Waals surface area contributed by atoms with Crippen molar-refractivity contribution < 1.29 is 9.50 Å². The molecule has 0 aromatic rings. The fraction of sp³-hybridized carbons (Fsp3) is 0.200. The molecule has 1 heterocycles. The Bertz CT molecular complexity index is 302. The fourth-order valence-electron chi connectivity index (χ4n) is 1.13. The third-order valence-corrected chi connectivity index (χ3v) is 1.86. The van der Waals surface area contributed by atoms with Crippen LogP contribution in [0.25, 0.3) is 0 Å². The summed E-state index contributed by atoms with van der Waals surface area (Å²) in [4.78, 5) is 0. The maximum atomic E-state index is 11.7. The van der Waals surface area contributed by atoms with Gasteiger partial charge >= 0.3 is 0 Å². The molecule has 70 valence electrons. The molecule has 0 aliphatic carbocycles. The SMILES string of the molecule is C=C1N[C@H](C)/C(=C\C=C\F)C=C1O. The highest BCUT2D eigenvalue weighted by molar-refractivity contribution is 5.40. The van der Waals surface area contributed by atoms with Crippen LogP contribution in [0.2, 0.25) is 0 Å². The first-order valence-corrected chi connectivity index (χ1v) is 3.98. The minimum atomic E-state index is 0.0413. The summed E-state index contributed by atoms with van der Waals surface area (Å²) in [5, 5.41) is 12.3. The van der Waals surface area contributed by atoms with Crippen LogP contribution < -0.4 is 5.32 Å². The summed E-state index contributed by atoms with van der Waals surface area (Å²) >= 11 is 0. The Labute approximate surface area is 76.8 Å². The molecule has 0 radical (unpaired) electrons. The maximum absolute atomic E-state index is 11.7. The van der Waals surface area contributed by atoms with Crippen molar-refractivity contribution in [2.45, 2.75) is 13.0 Å². The van der Waals surface area contributed by atoms with Gasteiger partial charge in [0.15, 0.2) is 0 Å². The number of hydrogen-bond donors (Lipinski definition) is 2. The first kappa shape index (κ1) is 9.58. The van der Waals surface area contributed by atoms with Gasteiger partial charge in [0, 0.05) is 6.04 Å². The quantitative estimate of drug-likeness (QED) is 0.650. The van der Waals surface area contributed by atoms with Crippen LogP contribution >= 0.6 is 0 Å². The van der Waals surface area contributed by atoms with Crippen molar-refractivity contribution in [1.29, 1.82) is 0 Å². The van der Waals surface area contributed by atoms with Gasteiger partial charge in [0.1, 0.15) is 5.76 Å². The summed E-state index contributed by atoms with van der Waals surface area (Å²) in [6.45, 7) is 5.52. The second-order valence-electron chi connectivity index (χ2n) is 2.86. The predicted octanol–water partition coefficient (Wildman–Crippen LogP) is 2.34. The monoisotopic (exact) mass is 181 g/mol. The van der Waals surface area contributed by atoms with Crippen molar-refractivity contribution in [1.82, 2.24) is 5.32 Å². The molecule has 2 nitrogen and oxygen atoms in total. The smallest absolute Gasteiger partial charge is 0.138 e. The van der Waals surface area contributed by atoms with Crippen molar-refractivity contribution in [2.24, 2.45) is 0 Å². The number of rotatable bonds is 1. The molecule has 0 saturated carbocycles. The molecule has 1 rings (SSSR count). The molecule has 0 aromatic carbocycles. The van der Waals surface area contributed by atoms with E-state index < -0.39 is 0 Å².